The molecule has 0 N–H and O–H groups in total. The van der Waals surface area contributed by atoms with E-state index in [2.05, 4.69) is 15.9 Å². The molecule has 2 aromatic rings. The van der Waals surface area contributed by atoms with Gasteiger partial charge >= 0.3 is 0 Å². The van der Waals surface area contributed by atoms with E-state index in [-0.39, 0.29) is 29.3 Å². The number of nitro benzene ring substituents is 1. The highest BCUT2D eigenvalue weighted by atomic mass is 79.9. The summed E-state index contributed by atoms with van der Waals surface area (Å²) in [6.45, 7) is 0. The molecule has 0 fully saturated rings. The lowest BCUT2D eigenvalue weighted by Gasteiger charge is -2.04. The van der Waals surface area contributed by atoms with Crippen molar-refractivity contribution < 1.29 is 14.1 Å². The first-order valence-corrected chi connectivity index (χ1v) is 6.48. The number of hydrogen-bond donors (Lipinski definition) is 0. The molecule has 20 heavy (non-hydrogen) atoms. The number of carbonyl (C=O) groups is 1. The lowest BCUT2D eigenvalue weighted by molar-refractivity contribution is -0.384. The van der Waals surface area contributed by atoms with Crippen molar-refractivity contribution in [1.29, 1.82) is 0 Å². The second kappa shape index (κ2) is 5.92. The molecule has 4 nitrogen and oxygen atoms in total. The van der Waals surface area contributed by atoms with Crippen LogP contribution in [0.2, 0.25) is 0 Å². The van der Waals surface area contributed by atoms with Crippen molar-refractivity contribution in [2.24, 2.45) is 0 Å². The summed E-state index contributed by atoms with van der Waals surface area (Å²) in [6.07, 6.45) is 0.0556. The molecule has 0 atom stereocenters. The average Bonchev–Trinajstić information content (AvgIpc) is 2.41. The molecule has 0 bridgehead atoms. The number of halogens is 2. The van der Waals surface area contributed by atoms with E-state index < -0.39 is 4.92 Å². The Balaban J connectivity index is 2.26. The summed E-state index contributed by atoms with van der Waals surface area (Å²) in [5.74, 6) is -0.648. The molecule has 6 heteroatoms. The fourth-order valence-electron chi connectivity index (χ4n) is 1.72. The van der Waals surface area contributed by atoms with E-state index in [1.165, 1.54) is 42.5 Å². The maximum atomic E-state index is 12.8. The van der Waals surface area contributed by atoms with E-state index in [9.17, 15) is 19.3 Å². The first-order valence-electron chi connectivity index (χ1n) is 5.69. The number of hydrogen-bond acceptors (Lipinski definition) is 3. The number of rotatable bonds is 4. The summed E-state index contributed by atoms with van der Waals surface area (Å²) in [7, 11) is 0. The standard InChI is InChI=1S/C14H9BrFNO3/c15-13-6-5-11(17(19)20)8-12(13)14(18)7-9-1-3-10(16)4-2-9/h1-6,8H,7H2. The van der Waals surface area contributed by atoms with Gasteiger partial charge in [0.2, 0.25) is 0 Å². The summed E-state index contributed by atoms with van der Waals surface area (Å²) in [5.41, 5.74) is 0.744. The molecular formula is C14H9BrFNO3. The van der Waals surface area contributed by atoms with Gasteiger partial charge in [0.1, 0.15) is 5.82 Å². The Bertz CT molecular complexity index is 671. The lowest BCUT2D eigenvalue weighted by Crippen LogP contribution is -2.05. The van der Waals surface area contributed by atoms with E-state index in [1.54, 1.807) is 0 Å². The van der Waals surface area contributed by atoms with E-state index in [0.717, 1.165) is 0 Å². The van der Waals surface area contributed by atoms with E-state index in [4.69, 9.17) is 0 Å². The lowest BCUT2D eigenvalue weighted by atomic mass is 10.0. The Labute approximate surface area is 122 Å². The zero-order valence-electron chi connectivity index (χ0n) is 10.2. The Morgan fingerprint density at radius 3 is 2.45 bits per heavy atom. The van der Waals surface area contributed by atoms with Gasteiger partial charge in [-0.15, -0.1) is 0 Å². The first-order chi connectivity index (χ1) is 9.47. The predicted octanol–water partition coefficient (Wildman–Crippen LogP) is 3.92. The van der Waals surface area contributed by atoms with Gasteiger partial charge in [-0.05, 0) is 23.8 Å². The van der Waals surface area contributed by atoms with Crippen molar-refractivity contribution >= 4 is 27.4 Å². The minimum absolute atomic E-state index is 0.0556. The molecule has 0 saturated heterocycles. The van der Waals surface area contributed by atoms with Crippen molar-refractivity contribution in [2.45, 2.75) is 6.42 Å². The van der Waals surface area contributed by atoms with Gasteiger partial charge < -0.3 is 0 Å². The molecular weight excluding hydrogens is 329 g/mol. The highest BCUT2D eigenvalue weighted by Crippen LogP contribution is 2.24. The zero-order chi connectivity index (χ0) is 14.7. The molecule has 2 aromatic carbocycles. The van der Waals surface area contributed by atoms with Crippen LogP contribution >= 0.6 is 15.9 Å². The molecule has 0 saturated carbocycles. The summed E-state index contributed by atoms with van der Waals surface area (Å²) in [4.78, 5) is 22.3. The second-order valence-electron chi connectivity index (χ2n) is 4.15. The van der Waals surface area contributed by atoms with E-state index in [0.29, 0.717) is 10.0 Å². The van der Waals surface area contributed by atoms with Gasteiger partial charge in [0.05, 0.1) is 4.92 Å². The third-order valence-electron chi connectivity index (χ3n) is 2.74. The van der Waals surface area contributed by atoms with Crippen LogP contribution in [0.5, 0.6) is 0 Å². The number of Topliss-reactive ketones (excluding diaryl/α,β-unsaturated/α-hetero) is 1. The molecule has 0 heterocycles. The number of nitro groups is 1. The molecule has 0 aliphatic rings. The third kappa shape index (κ3) is 3.27. The smallest absolute Gasteiger partial charge is 0.270 e. The Morgan fingerprint density at radius 2 is 1.85 bits per heavy atom. The second-order valence-corrected chi connectivity index (χ2v) is 5.00. The summed E-state index contributed by atoms with van der Waals surface area (Å²) < 4.78 is 13.3. The molecule has 0 aromatic heterocycles. The topological polar surface area (TPSA) is 60.2 Å². The molecule has 0 radical (unpaired) electrons. The van der Waals surface area contributed by atoms with Crippen LogP contribution in [0.25, 0.3) is 0 Å². The number of non-ortho nitro benzene ring substituents is 1. The Kier molecular flexibility index (Phi) is 4.24. The van der Waals surface area contributed by atoms with Crippen LogP contribution in [0.4, 0.5) is 10.1 Å². The Morgan fingerprint density at radius 1 is 1.20 bits per heavy atom. The van der Waals surface area contributed by atoms with Crippen LogP contribution in [0.1, 0.15) is 15.9 Å². The van der Waals surface area contributed by atoms with Crippen molar-refractivity contribution in [1.82, 2.24) is 0 Å². The van der Waals surface area contributed by atoms with Crippen LogP contribution in [-0.4, -0.2) is 10.7 Å². The fourth-order valence-corrected chi connectivity index (χ4v) is 2.19. The van der Waals surface area contributed by atoms with Crippen molar-refractivity contribution in [2.75, 3.05) is 0 Å². The number of carbonyl (C=O) groups excluding carboxylic acids is 1. The number of ketones is 1. The highest BCUT2D eigenvalue weighted by molar-refractivity contribution is 9.10. The maximum absolute atomic E-state index is 12.8. The maximum Gasteiger partial charge on any atom is 0.270 e. The molecule has 102 valence electrons. The first kappa shape index (κ1) is 14.3. The minimum atomic E-state index is -0.554. The quantitative estimate of drug-likeness (QED) is 0.482. The molecule has 2 rings (SSSR count). The van der Waals surface area contributed by atoms with Gasteiger partial charge in [-0.2, -0.15) is 0 Å². The van der Waals surface area contributed by atoms with Gasteiger partial charge in [0, 0.05) is 28.6 Å². The Hall–Kier alpha value is -2.08. The van der Waals surface area contributed by atoms with Crippen LogP contribution in [0.15, 0.2) is 46.9 Å². The minimum Gasteiger partial charge on any atom is -0.294 e. The number of benzene rings is 2. The zero-order valence-corrected chi connectivity index (χ0v) is 11.8. The SMILES string of the molecule is O=C(Cc1ccc(F)cc1)c1cc([N+](=O)[O-])ccc1Br. The van der Waals surface area contributed by atoms with Crippen molar-refractivity contribution in [3.05, 3.63) is 74.0 Å². The summed E-state index contributed by atoms with van der Waals surface area (Å²) >= 11 is 3.20. The van der Waals surface area contributed by atoms with Crippen LogP contribution < -0.4 is 0 Å². The van der Waals surface area contributed by atoms with E-state index >= 15 is 0 Å². The predicted molar refractivity (Wildman–Crippen MR) is 75.2 cm³/mol. The summed E-state index contributed by atoms with van der Waals surface area (Å²) in [5, 5.41) is 10.7. The van der Waals surface area contributed by atoms with Gasteiger partial charge in [-0.1, -0.05) is 28.1 Å². The third-order valence-corrected chi connectivity index (χ3v) is 3.43. The fraction of sp³-hybridized carbons (Fsp3) is 0.0714. The largest absolute Gasteiger partial charge is 0.294 e. The molecule has 0 unspecified atom stereocenters. The normalized spacial score (nSPS) is 10.3. The van der Waals surface area contributed by atoms with Gasteiger partial charge in [0.25, 0.3) is 5.69 Å². The van der Waals surface area contributed by atoms with Crippen LogP contribution in [-0.2, 0) is 6.42 Å². The van der Waals surface area contributed by atoms with Crippen LogP contribution in [0.3, 0.4) is 0 Å². The van der Waals surface area contributed by atoms with Crippen molar-refractivity contribution in [3.63, 3.8) is 0 Å². The molecule has 0 aliphatic carbocycles. The number of nitrogens with zero attached hydrogens (tertiary/aromatic N) is 1. The molecule has 0 aliphatic heterocycles. The van der Waals surface area contributed by atoms with Crippen molar-refractivity contribution in [3.8, 4) is 0 Å². The van der Waals surface area contributed by atoms with Crippen LogP contribution in [0, 0.1) is 15.9 Å². The van der Waals surface area contributed by atoms with Gasteiger partial charge in [0.15, 0.2) is 5.78 Å². The monoisotopic (exact) mass is 337 g/mol. The molecule has 0 amide bonds. The van der Waals surface area contributed by atoms with Gasteiger partial charge in [-0.3, -0.25) is 14.9 Å². The van der Waals surface area contributed by atoms with Gasteiger partial charge in [-0.25, -0.2) is 4.39 Å². The average molecular weight is 338 g/mol. The summed E-state index contributed by atoms with van der Waals surface area (Å²) in [6, 6.07) is 9.58. The molecule has 0 spiro atoms. The van der Waals surface area contributed by atoms with E-state index in [1.807, 2.05) is 0 Å². The highest BCUT2D eigenvalue weighted by Gasteiger charge is 2.15.